The minimum atomic E-state index is -0.857. The van der Waals surface area contributed by atoms with Gasteiger partial charge in [0.05, 0.1) is 13.5 Å². The molecule has 0 aliphatic carbocycles. The summed E-state index contributed by atoms with van der Waals surface area (Å²) in [6.45, 7) is 1.95. The summed E-state index contributed by atoms with van der Waals surface area (Å²) >= 11 is 0. The lowest BCUT2D eigenvalue weighted by atomic mass is 10.1. The topological polar surface area (TPSA) is 62.3 Å². The normalized spacial score (nSPS) is 10.6. The minimum absolute atomic E-state index is 0.0245. The minimum Gasteiger partial charge on any atom is -0.496 e. The Bertz CT molecular complexity index is 542. The summed E-state index contributed by atoms with van der Waals surface area (Å²) in [6.07, 6.45) is -0.0245. The summed E-state index contributed by atoms with van der Waals surface area (Å²) < 4.78 is 5.29. The number of carboxylic acids is 1. The third-order valence-electron chi connectivity index (χ3n) is 2.52. The molecule has 0 bridgehead atoms. The van der Waals surface area contributed by atoms with Crippen LogP contribution in [0.3, 0.4) is 0 Å². The quantitative estimate of drug-likeness (QED) is 0.831. The third kappa shape index (κ3) is 1.74. The van der Waals surface area contributed by atoms with Crippen molar-refractivity contribution in [2.75, 3.05) is 7.11 Å². The smallest absolute Gasteiger partial charge is 0.307 e. The summed E-state index contributed by atoms with van der Waals surface area (Å²) in [7, 11) is 1.56. The number of aryl methyl sites for hydroxylation is 1. The fourth-order valence-electron chi connectivity index (χ4n) is 1.91. The van der Waals surface area contributed by atoms with Gasteiger partial charge in [-0.05, 0) is 19.1 Å². The van der Waals surface area contributed by atoms with Gasteiger partial charge in [0.1, 0.15) is 5.75 Å². The van der Waals surface area contributed by atoms with E-state index < -0.39 is 5.97 Å². The van der Waals surface area contributed by atoms with Crippen LogP contribution in [0.2, 0.25) is 0 Å². The summed E-state index contributed by atoms with van der Waals surface area (Å²) in [6, 6.07) is 5.62. The Morgan fingerprint density at radius 2 is 2.25 bits per heavy atom. The van der Waals surface area contributed by atoms with E-state index in [-0.39, 0.29) is 6.42 Å². The Labute approximate surface area is 92.9 Å². The maximum absolute atomic E-state index is 10.7. The number of ether oxygens (including phenoxy) is 1. The summed E-state index contributed by atoms with van der Waals surface area (Å²) in [4.78, 5) is 13.9. The van der Waals surface area contributed by atoms with Crippen molar-refractivity contribution >= 4 is 16.9 Å². The Hall–Kier alpha value is -1.97. The van der Waals surface area contributed by atoms with Gasteiger partial charge in [-0.15, -0.1) is 0 Å². The molecule has 0 fully saturated rings. The van der Waals surface area contributed by atoms with E-state index in [4.69, 9.17) is 9.84 Å². The predicted molar refractivity (Wildman–Crippen MR) is 60.9 cm³/mol. The van der Waals surface area contributed by atoms with Crippen LogP contribution in [0.25, 0.3) is 10.9 Å². The first-order valence-electron chi connectivity index (χ1n) is 4.99. The van der Waals surface area contributed by atoms with E-state index in [1.165, 1.54) is 0 Å². The molecule has 0 saturated heterocycles. The fourth-order valence-corrected chi connectivity index (χ4v) is 1.91. The molecule has 2 rings (SSSR count). The number of aliphatic carboxylic acids is 1. The van der Waals surface area contributed by atoms with Crippen molar-refractivity contribution in [2.24, 2.45) is 0 Å². The van der Waals surface area contributed by atoms with Crippen LogP contribution < -0.4 is 4.74 Å². The second-order valence-electron chi connectivity index (χ2n) is 3.74. The number of nitrogens with one attached hydrogen (secondary N) is 1. The molecule has 16 heavy (non-hydrogen) atoms. The highest BCUT2D eigenvalue weighted by molar-refractivity contribution is 5.89. The number of aromatic nitrogens is 1. The van der Waals surface area contributed by atoms with Crippen molar-refractivity contribution < 1.29 is 14.6 Å². The van der Waals surface area contributed by atoms with Gasteiger partial charge >= 0.3 is 5.97 Å². The number of benzene rings is 1. The molecule has 84 valence electrons. The second-order valence-corrected chi connectivity index (χ2v) is 3.74. The van der Waals surface area contributed by atoms with Crippen molar-refractivity contribution in [3.63, 3.8) is 0 Å². The number of hydrogen-bond donors (Lipinski definition) is 2. The molecule has 2 N–H and O–H groups in total. The average Bonchev–Trinajstić information content (AvgIpc) is 2.57. The van der Waals surface area contributed by atoms with Gasteiger partial charge in [0.25, 0.3) is 0 Å². The van der Waals surface area contributed by atoms with Crippen molar-refractivity contribution in [3.8, 4) is 5.75 Å². The highest BCUT2D eigenvalue weighted by Gasteiger charge is 2.12. The van der Waals surface area contributed by atoms with Gasteiger partial charge in [-0.2, -0.15) is 0 Å². The van der Waals surface area contributed by atoms with Crippen LogP contribution in [-0.4, -0.2) is 23.2 Å². The lowest BCUT2D eigenvalue weighted by Crippen LogP contribution is -2.02. The van der Waals surface area contributed by atoms with Gasteiger partial charge in [-0.1, -0.05) is 6.07 Å². The molecule has 0 aliphatic heterocycles. The van der Waals surface area contributed by atoms with Crippen LogP contribution in [-0.2, 0) is 11.2 Å². The van der Waals surface area contributed by atoms with E-state index in [1.807, 2.05) is 19.1 Å². The number of aromatic amines is 1. The predicted octanol–water partition coefficient (Wildman–Crippen LogP) is 2.11. The Morgan fingerprint density at radius 1 is 1.50 bits per heavy atom. The number of carbonyl (C=O) groups is 1. The van der Waals surface area contributed by atoms with Crippen molar-refractivity contribution in [3.05, 3.63) is 29.5 Å². The average molecular weight is 219 g/mol. The van der Waals surface area contributed by atoms with Crippen LogP contribution in [0.5, 0.6) is 5.75 Å². The molecular formula is C12H13NO3. The highest BCUT2D eigenvalue weighted by atomic mass is 16.5. The van der Waals surface area contributed by atoms with Crippen LogP contribution in [0.4, 0.5) is 0 Å². The molecule has 0 amide bonds. The summed E-state index contributed by atoms with van der Waals surface area (Å²) in [5.74, 6) is -0.214. The molecule has 4 heteroatoms. The lowest BCUT2D eigenvalue weighted by Gasteiger charge is -2.07. The standard InChI is InChI=1S/C12H13NO3/c1-7-5-9-10(13-7)4-3-8(6-11(14)15)12(9)16-2/h3-5,13H,6H2,1-2H3,(H,14,15). The van der Waals surface area contributed by atoms with Crippen LogP contribution in [0, 0.1) is 6.92 Å². The maximum atomic E-state index is 10.7. The number of H-pyrrole nitrogens is 1. The molecule has 0 saturated carbocycles. The highest BCUT2D eigenvalue weighted by Crippen LogP contribution is 2.30. The molecule has 1 aromatic carbocycles. The molecule has 0 aliphatic rings. The summed E-state index contributed by atoms with van der Waals surface area (Å²) in [5, 5.41) is 9.73. The van der Waals surface area contributed by atoms with E-state index in [0.717, 1.165) is 16.6 Å². The molecule has 0 atom stereocenters. The molecule has 2 aromatic rings. The zero-order valence-electron chi connectivity index (χ0n) is 9.20. The molecule has 1 aromatic heterocycles. The Morgan fingerprint density at radius 3 is 2.88 bits per heavy atom. The first kappa shape index (κ1) is 10.5. The van der Waals surface area contributed by atoms with Gasteiger partial charge in [-0.25, -0.2) is 0 Å². The van der Waals surface area contributed by atoms with Gasteiger partial charge in [0.15, 0.2) is 0 Å². The van der Waals surface area contributed by atoms with Gasteiger partial charge in [-0.3, -0.25) is 4.79 Å². The Balaban J connectivity index is 2.62. The van der Waals surface area contributed by atoms with E-state index in [1.54, 1.807) is 13.2 Å². The van der Waals surface area contributed by atoms with Gasteiger partial charge in [0.2, 0.25) is 0 Å². The van der Waals surface area contributed by atoms with E-state index in [0.29, 0.717) is 11.3 Å². The van der Waals surface area contributed by atoms with Crippen molar-refractivity contribution in [2.45, 2.75) is 13.3 Å². The number of carboxylic acid groups (broad SMARTS) is 1. The van der Waals surface area contributed by atoms with Crippen LogP contribution in [0.15, 0.2) is 18.2 Å². The van der Waals surface area contributed by atoms with Crippen molar-refractivity contribution in [1.82, 2.24) is 4.98 Å². The maximum Gasteiger partial charge on any atom is 0.307 e. The molecule has 0 unspecified atom stereocenters. The number of hydrogen-bond acceptors (Lipinski definition) is 2. The first-order valence-corrected chi connectivity index (χ1v) is 4.99. The van der Waals surface area contributed by atoms with Gasteiger partial charge in [0, 0.05) is 22.2 Å². The van der Waals surface area contributed by atoms with E-state index in [2.05, 4.69) is 4.98 Å². The zero-order chi connectivity index (χ0) is 11.7. The second kappa shape index (κ2) is 3.89. The van der Waals surface area contributed by atoms with Crippen LogP contribution >= 0.6 is 0 Å². The molecular weight excluding hydrogens is 206 g/mol. The zero-order valence-corrected chi connectivity index (χ0v) is 9.20. The van der Waals surface area contributed by atoms with Crippen molar-refractivity contribution in [1.29, 1.82) is 0 Å². The largest absolute Gasteiger partial charge is 0.496 e. The van der Waals surface area contributed by atoms with E-state index >= 15 is 0 Å². The monoisotopic (exact) mass is 219 g/mol. The van der Waals surface area contributed by atoms with Crippen LogP contribution in [0.1, 0.15) is 11.3 Å². The molecule has 1 heterocycles. The molecule has 0 spiro atoms. The summed E-state index contributed by atoms with van der Waals surface area (Å²) in [5.41, 5.74) is 2.69. The first-order chi connectivity index (χ1) is 7.61. The number of fused-ring (bicyclic) bond motifs is 1. The number of rotatable bonds is 3. The fraction of sp³-hybridized carbons (Fsp3) is 0.250. The third-order valence-corrected chi connectivity index (χ3v) is 2.52. The van der Waals surface area contributed by atoms with E-state index in [9.17, 15) is 4.79 Å². The molecule has 0 radical (unpaired) electrons. The molecule has 4 nitrogen and oxygen atoms in total. The Kier molecular flexibility index (Phi) is 2.56. The van der Waals surface area contributed by atoms with Gasteiger partial charge < -0.3 is 14.8 Å². The SMILES string of the molecule is COc1c(CC(=O)O)ccc2[nH]c(C)cc12. The number of methoxy groups -OCH3 is 1. The lowest BCUT2D eigenvalue weighted by molar-refractivity contribution is -0.136.